The number of aliphatic hydroxyl groups is 1. The van der Waals surface area contributed by atoms with Crippen molar-refractivity contribution in [1.29, 1.82) is 0 Å². The molecule has 0 saturated heterocycles. The molecule has 20 heavy (non-hydrogen) atoms. The average molecular weight is 278 g/mol. The molecule has 4 nitrogen and oxygen atoms in total. The molecule has 0 bridgehead atoms. The van der Waals surface area contributed by atoms with Crippen LogP contribution in [-0.4, -0.2) is 35.7 Å². The van der Waals surface area contributed by atoms with E-state index in [0.29, 0.717) is 5.56 Å². The third-order valence-corrected chi connectivity index (χ3v) is 3.74. The molecule has 0 heterocycles. The topological polar surface area (TPSA) is 52.6 Å². The minimum absolute atomic E-state index is 0.165. The van der Waals surface area contributed by atoms with E-state index in [9.17, 15) is 9.90 Å². The second-order valence-electron chi connectivity index (χ2n) is 5.57. The molecule has 0 fully saturated rings. The van der Waals surface area contributed by atoms with Crippen molar-refractivity contribution in [3.8, 4) is 0 Å². The number of hydrogen-bond donors (Lipinski definition) is 2. The number of rotatable bonds is 6. The van der Waals surface area contributed by atoms with Gasteiger partial charge in [0, 0.05) is 24.3 Å². The molecule has 1 atom stereocenters. The van der Waals surface area contributed by atoms with Crippen molar-refractivity contribution in [3.05, 3.63) is 29.8 Å². The van der Waals surface area contributed by atoms with Crippen LogP contribution in [0.5, 0.6) is 0 Å². The van der Waals surface area contributed by atoms with Crippen LogP contribution in [-0.2, 0) is 0 Å². The first-order chi connectivity index (χ1) is 9.31. The van der Waals surface area contributed by atoms with Gasteiger partial charge in [0.15, 0.2) is 0 Å². The lowest BCUT2D eigenvalue weighted by atomic mass is 9.98. The molecule has 0 aliphatic carbocycles. The number of anilines is 1. The second-order valence-corrected chi connectivity index (χ2v) is 5.57. The summed E-state index contributed by atoms with van der Waals surface area (Å²) in [6, 6.07) is 7.55. The Kier molecular flexibility index (Phi) is 5.57. The number of nitrogens with zero attached hydrogens (tertiary/aromatic N) is 1. The van der Waals surface area contributed by atoms with Gasteiger partial charge in [-0.05, 0) is 58.9 Å². The van der Waals surface area contributed by atoms with E-state index in [0.717, 1.165) is 18.8 Å². The Labute approximate surface area is 121 Å². The average Bonchev–Trinajstić information content (AvgIpc) is 2.40. The Morgan fingerprint density at radius 3 is 2.15 bits per heavy atom. The van der Waals surface area contributed by atoms with E-state index in [1.165, 1.54) is 0 Å². The van der Waals surface area contributed by atoms with Crippen molar-refractivity contribution in [3.63, 3.8) is 0 Å². The lowest BCUT2D eigenvalue weighted by Crippen LogP contribution is -2.50. The molecular weight excluding hydrogens is 252 g/mol. The zero-order valence-electron chi connectivity index (χ0n) is 13.1. The highest BCUT2D eigenvalue weighted by Crippen LogP contribution is 2.16. The monoisotopic (exact) mass is 278 g/mol. The predicted molar refractivity (Wildman–Crippen MR) is 83.2 cm³/mol. The number of nitrogens with one attached hydrogen (secondary N) is 1. The highest BCUT2D eigenvalue weighted by Gasteiger charge is 2.26. The smallest absolute Gasteiger partial charge is 0.251 e. The standard InChI is InChI=1S/C16H26N2O2/c1-6-18(7-2)14-10-8-13(9-11-14)15(20)17-16(4,5)12(3)19/h8-12,19H,6-7H2,1-5H3,(H,17,20). The molecule has 1 unspecified atom stereocenters. The van der Waals surface area contributed by atoms with Gasteiger partial charge in [0.1, 0.15) is 0 Å². The molecule has 1 aromatic rings. The van der Waals surface area contributed by atoms with Crippen molar-refractivity contribution in [2.75, 3.05) is 18.0 Å². The van der Waals surface area contributed by atoms with Crippen LogP contribution in [0.3, 0.4) is 0 Å². The highest BCUT2D eigenvalue weighted by molar-refractivity contribution is 5.95. The zero-order valence-corrected chi connectivity index (χ0v) is 13.1. The summed E-state index contributed by atoms with van der Waals surface area (Å²) in [7, 11) is 0. The molecule has 2 N–H and O–H groups in total. The molecule has 0 aliphatic rings. The fourth-order valence-electron chi connectivity index (χ4n) is 1.88. The molecule has 0 aromatic heterocycles. The Bertz CT molecular complexity index is 434. The Balaban J connectivity index is 2.81. The minimum Gasteiger partial charge on any atom is -0.391 e. The van der Waals surface area contributed by atoms with Gasteiger partial charge in [-0.1, -0.05) is 0 Å². The molecule has 4 heteroatoms. The van der Waals surface area contributed by atoms with Crippen LogP contribution in [0.1, 0.15) is 45.0 Å². The molecule has 1 amide bonds. The number of carbonyl (C=O) groups excluding carboxylic acids is 1. The van der Waals surface area contributed by atoms with Crippen LogP contribution in [0.15, 0.2) is 24.3 Å². The Hall–Kier alpha value is -1.55. The van der Waals surface area contributed by atoms with Gasteiger partial charge in [-0.15, -0.1) is 0 Å². The molecule has 0 saturated carbocycles. The molecule has 112 valence electrons. The van der Waals surface area contributed by atoms with Crippen molar-refractivity contribution < 1.29 is 9.90 Å². The maximum Gasteiger partial charge on any atom is 0.251 e. The first-order valence-corrected chi connectivity index (χ1v) is 7.17. The van der Waals surface area contributed by atoms with Gasteiger partial charge in [0.25, 0.3) is 5.91 Å². The third kappa shape index (κ3) is 3.97. The van der Waals surface area contributed by atoms with Crippen molar-refractivity contribution in [2.45, 2.75) is 46.3 Å². The van der Waals surface area contributed by atoms with Gasteiger partial charge >= 0.3 is 0 Å². The Morgan fingerprint density at radius 2 is 1.75 bits per heavy atom. The van der Waals surface area contributed by atoms with E-state index in [1.54, 1.807) is 20.8 Å². The molecule has 0 spiro atoms. The van der Waals surface area contributed by atoms with Gasteiger partial charge < -0.3 is 15.3 Å². The van der Waals surface area contributed by atoms with Crippen LogP contribution in [0.2, 0.25) is 0 Å². The van der Waals surface area contributed by atoms with E-state index < -0.39 is 11.6 Å². The molecular formula is C16H26N2O2. The number of hydrogen-bond acceptors (Lipinski definition) is 3. The van der Waals surface area contributed by atoms with Crippen molar-refractivity contribution in [1.82, 2.24) is 5.32 Å². The lowest BCUT2D eigenvalue weighted by Gasteiger charge is -2.29. The van der Waals surface area contributed by atoms with Crippen molar-refractivity contribution >= 4 is 11.6 Å². The minimum atomic E-state index is -0.644. The lowest BCUT2D eigenvalue weighted by molar-refractivity contribution is 0.0709. The summed E-state index contributed by atoms with van der Waals surface area (Å²) in [5, 5.41) is 12.5. The van der Waals surface area contributed by atoms with Crippen LogP contribution in [0.25, 0.3) is 0 Å². The number of amides is 1. The second kappa shape index (κ2) is 6.75. The van der Waals surface area contributed by atoms with Gasteiger partial charge in [-0.25, -0.2) is 0 Å². The van der Waals surface area contributed by atoms with E-state index in [-0.39, 0.29) is 5.91 Å². The van der Waals surface area contributed by atoms with E-state index in [2.05, 4.69) is 24.1 Å². The van der Waals surface area contributed by atoms with Crippen LogP contribution in [0.4, 0.5) is 5.69 Å². The normalized spacial score (nSPS) is 12.9. The Morgan fingerprint density at radius 1 is 1.25 bits per heavy atom. The van der Waals surface area contributed by atoms with E-state index >= 15 is 0 Å². The largest absolute Gasteiger partial charge is 0.391 e. The number of aliphatic hydroxyl groups excluding tert-OH is 1. The summed E-state index contributed by atoms with van der Waals surface area (Å²) < 4.78 is 0. The van der Waals surface area contributed by atoms with Gasteiger partial charge in [0.2, 0.25) is 0 Å². The summed E-state index contributed by atoms with van der Waals surface area (Å²) in [5.41, 5.74) is 1.07. The summed E-state index contributed by atoms with van der Waals surface area (Å²) in [5.74, 6) is -0.165. The van der Waals surface area contributed by atoms with E-state index in [4.69, 9.17) is 0 Å². The third-order valence-electron chi connectivity index (χ3n) is 3.74. The molecule has 1 aromatic carbocycles. The van der Waals surface area contributed by atoms with Gasteiger partial charge in [0.05, 0.1) is 11.6 Å². The first-order valence-electron chi connectivity index (χ1n) is 7.17. The number of carbonyl (C=O) groups is 1. The SMILES string of the molecule is CCN(CC)c1ccc(C(=O)NC(C)(C)C(C)O)cc1. The van der Waals surface area contributed by atoms with Crippen LogP contribution in [0, 0.1) is 0 Å². The van der Waals surface area contributed by atoms with Gasteiger partial charge in [-0.3, -0.25) is 4.79 Å². The number of benzene rings is 1. The maximum absolute atomic E-state index is 12.1. The fourth-order valence-corrected chi connectivity index (χ4v) is 1.88. The quantitative estimate of drug-likeness (QED) is 0.840. The van der Waals surface area contributed by atoms with Gasteiger partial charge in [-0.2, -0.15) is 0 Å². The maximum atomic E-state index is 12.1. The first kappa shape index (κ1) is 16.5. The van der Waals surface area contributed by atoms with E-state index in [1.807, 2.05) is 24.3 Å². The molecule has 0 radical (unpaired) electrons. The molecule has 0 aliphatic heterocycles. The molecule has 1 rings (SSSR count). The summed E-state index contributed by atoms with van der Waals surface area (Å²) in [6.45, 7) is 11.4. The van der Waals surface area contributed by atoms with Crippen LogP contribution >= 0.6 is 0 Å². The highest BCUT2D eigenvalue weighted by atomic mass is 16.3. The predicted octanol–water partition coefficient (Wildman–Crippen LogP) is 2.42. The summed E-state index contributed by atoms with van der Waals surface area (Å²) in [4.78, 5) is 14.4. The van der Waals surface area contributed by atoms with Crippen LogP contribution < -0.4 is 10.2 Å². The summed E-state index contributed by atoms with van der Waals surface area (Å²) >= 11 is 0. The zero-order chi connectivity index (χ0) is 15.3. The summed E-state index contributed by atoms with van der Waals surface area (Å²) in [6.07, 6.45) is -0.610. The van der Waals surface area contributed by atoms with Crippen molar-refractivity contribution in [2.24, 2.45) is 0 Å². The fraction of sp³-hybridized carbons (Fsp3) is 0.562.